The van der Waals surface area contributed by atoms with Gasteiger partial charge in [0.15, 0.2) is 6.61 Å². The number of aromatic nitrogens is 3. The van der Waals surface area contributed by atoms with Crippen LogP contribution in [0.2, 0.25) is 0 Å². The molecule has 35 heavy (non-hydrogen) atoms. The number of amides is 1. The fraction of sp³-hybridized carbons (Fsp3) is 0.308. The summed E-state index contributed by atoms with van der Waals surface area (Å²) in [4.78, 5) is 23.4. The smallest absolute Gasteiger partial charge is 0.265 e. The fourth-order valence-electron chi connectivity index (χ4n) is 4.32. The number of fused-ring (bicyclic) bond motifs is 2. The van der Waals surface area contributed by atoms with E-state index in [9.17, 15) is 9.18 Å². The van der Waals surface area contributed by atoms with Gasteiger partial charge in [0.25, 0.3) is 11.6 Å². The minimum absolute atomic E-state index is 0.176. The molecule has 0 spiro atoms. The van der Waals surface area contributed by atoms with Gasteiger partial charge >= 0.3 is 0 Å². The second-order valence-electron chi connectivity index (χ2n) is 8.58. The molecule has 0 fully saturated rings. The molecule has 0 atom stereocenters. The Labute approximate surface area is 202 Å². The topological polar surface area (TPSA) is 93.4 Å². The van der Waals surface area contributed by atoms with E-state index in [4.69, 9.17) is 9.26 Å². The predicted octanol–water partition coefficient (Wildman–Crippen LogP) is 3.68. The van der Waals surface area contributed by atoms with Crippen molar-refractivity contribution in [3.63, 3.8) is 0 Å². The van der Waals surface area contributed by atoms with Gasteiger partial charge in [-0.2, -0.15) is 9.97 Å². The van der Waals surface area contributed by atoms with Gasteiger partial charge in [-0.05, 0) is 43.0 Å². The number of halogens is 1. The van der Waals surface area contributed by atoms with E-state index < -0.39 is 5.82 Å². The number of rotatable bonds is 8. The Balaban J connectivity index is 1.16. The number of nitrogens with zero attached hydrogens (tertiary/aromatic N) is 4. The van der Waals surface area contributed by atoms with Crippen LogP contribution in [0, 0.1) is 12.7 Å². The summed E-state index contributed by atoms with van der Waals surface area (Å²) in [7, 11) is 0. The van der Waals surface area contributed by atoms with Crippen molar-refractivity contribution in [3.05, 3.63) is 71.3 Å². The summed E-state index contributed by atoms with van der Waals surface area (Å²) in [6.07, 6.45) is 1.91. The van der Waals surface area contributed by atoms with E-state index in [1.807, 2.05) is 0 Å². The number of hydrogen-bond donors (Lipinski definition) is 1. The second-order valence-corrected chi connectivity index (χ2v) is 8.58. The van der Waals surface area contributed by atoms with Crippen LogP contribution in [-0.4, -0.2) is 52.2 Å². The molecule has 0 radical (unpaired) electrons. The zero-order valence-corrected chi connectivity index (χ0v) is 19.5. The Bertz CT molecular complexity index is 1360. The molecule has 0 saturated carbocycles. The molecule has 0 saturated heterocycles. The third-order valence-electron chi connectivity index (χ3n) is 6.04. The maximum atomic E-state index is 13.7. The maximum absolute atomic E-state index is 13.7. The van der Waals surface area contributed by atoms with Crippen molar-refractivity contribution in [2.24, 2.45) is 0 Å². The zero-order chi connectivity index (χ0) is 24.2. The van der Waals surface area contributed by atoms with E-state index >= 15 is 0 Å². The highest BCUT2D eigenvalue weighted by Gasteiger charge is 2.20. The highest BCUT2D eigenvalue weighted by atomic mass is 19.1. The summed E-state index contributed by atoms with van der Waals surface area (Å²) >= 11 is 0. The summed E-state index contributed by atoms with van der Waals surface area (Å²) in [5, 5.41) is 7.33. The number of carbonyl (C=O) groups excluding carboxylic acids is 1. The van der Waals surface area contributed by atoms with Crippen LogP contribution in [0.25, 0.3) is 22.4 Å². The fourth-order valence-corrected chi connectivity index (χ4v) is 4.32. The van der Waals surface area contributed by atoms with Gasteiger partial charge in [-0.15, -0.1) is 0 Å². The highest BCUT2D eigenvalue weighted by Crippen LogP contribution is 2.33. The van der Waals surface area contributed by atoms with Crippen LogP contribution in [0.4, 0.5) is 4.39 Å². The third kappa shape index (κ3) is 5.30. The normalized spacial score (nSPS) is 13.5. The van der Waals surface area contributed by atoms with Crippen LogP contribution < -0.4 is 10.1 Å². The van der Waals surface area contributed by atoms with Gasteiger partial charge in [-0.25, -0.2) is 4.39 Å². The van der Waals surface area contributed by atoms with Gasteiger partial charge in [0, 0.05) is 31.7 Å². The predicted molar refractivity (Wildman–Crippen MR) is 128 cm³/mol. The lowest BCUT2D eigenvalue weighted by molar-refractivity contribution is -0.123. The molecular formula is C26H26FN5O3. The van der Waals surface area contributed by atoms with E-state index in [0.29, 0.717) is 29.0 Å². The first-order valence-corrected chi connectivity index (χ1v) is 11.7. The molecule has 0 unspecified atom stereocenters. The first-order chi connectivity index (χ1) is 17.1. The number of nitrogens with one attached hydrogen (secondary N) is 1. The maximum Gasteiger partial charge on any atom is 0.265 e. The minimum atomic E-state index is -0.401. The monoisotopic (exact) mass is 475 g/mol. The lowest BCUT2D eigenvalue weighted by Crippen LogP contribution is -2.35. The van der Waals surface area contributed by atoms with Crippen LogP contribution in [0.3, 0.4) is 0 Å². The van der Waals surface area contributed by atoms with Crippen molar-refractivity contribution in [3.8, 4) is 17.1 Å². The Hall–Kier alpha value is -3.85. The molecule has 1 aliphatic rings. The van der Waals surface area contributed by atoms with Crippen LogP contribution in [-0.2, 0) is 17.8 Å². The van der Waals surface area contributed by atoms with Crippen LogP contribution in [0.5, 0.6) is 5.88 Å². The van der Waals surface area contributed by atoms with E-state index in [0.717, 1.165) is 32.5 Å². The van der Waals surface area contributed by atoms with E-state index in [2.05, 4.69) is 49.6 Å². The van der Waals surface area contributed by atoms with Crippen molar-refractivity contribution >= 4 is 17.0 Å². The first-order valence-electron chi connectivity index (χ1n) is 11.7. The standard InChI is InChI=1S/C26H26FN5O3/c1-17-29-25(23-24(31-35-26(23)30-17)19-8-4-9-21(27)14-19)34-16-22(33)28-11-5-12-32-13-10-18-6-2-3-7-20(18)15-32/h2-4,6-9,14H,5,10-13,15-16H2,1H3,(H,28,33). The van der Waals surface area contributed by atoms with Gasteiger partial charge < -0.3 is 14.6 Å². The van der Waals surface area contributed by atoms with Crippen LogP contribution >= 0.6 is 0 Å². The molecule has 3 heterocycles. The van der Waals surface area contributed by atoms with Crippen LogP contribution in [0.1, 0.15) is 23.4 Å². The van der Waals surface area contributed by atoms with Crippen molar-refractivity contribution in [2.45, 2.75) is 26.3 Å². The quantitative estimate of drug-likeness (QED) is 0.389. The van der Waals surface area contributed by atoms with Crippen LogP contribution in [0.15, 0.2) is 53.1 Å². The summed E-state index contributed by atoms with van der Waals surface area (Å²) < 4.78 is 24.8. The molecule has 5 rings (SSSR count). The molecule has 1 N–H and O–H groups in total. The Morgan fingerprint density at radius 3 is 2.89 bits per heavy atom. The van der Waals surface area contributed by atoms with Gasteiger partial charge in [-0.1, -0.05) is 41.6 Å². The van der Waals surface area contributed by atoms with Gasteiger partial charge in [-0.3, -0.25) is 9.69 Å². The molecule has 9 heteroatoms. The molecule has 1 aliphatic heterocycles. The molecule has 180 valence electrons. The minimum Gasteiger partial charge on any atom is -0.467 e. The number of hydrogen-bond acceptors (Lipinski definition) is 7. The Morgan fingerprint density at radius 2 is 2.03 bits per heavy atom. The van der Waals surface area contributed by atoms with Gasteiger partial charge in [0.05, 0.1) is 0 Å². The molecule has 0 aliphatic carbocycles. The van der Waals surface area contributed by atoms with E-state index in [-0.39, 0.29) is 24.1 Å². The Kier molecular flexibility index (Phi) is 6.67. The summed E-state index contributed by atoms with van der Waals surface area (Å²) in [6, 6.07) is 14.5. The van der Waals surface area contributed by atoms with Crippen molar-refractivity contribution < 1.29 is 18.4 Å². The number of ether oxygens (including phenoxy) is 1. The molecule has 1 amide bonds. The zero-order valence-electron chi connectivity index (χ0n) is 19.5. The van der Waals surface area contributed by atoms with Crippen molar-refractivity contribution in [2.75, 3.05) is 26.2 Å². The molecular weight excluding hydrogens is 449 g/mol. The molecule has 0 bridgehead atoms. The average molecular weight is 476 g/mol. The highest BCUT2D eigenvalue weighted by molar-refractivity contribution is 5.93. The SMILES string of the molecule is Cc1nc(OCC(=O)NCCCN2CCc3ccccc3C2)c2c(-c3cccc(F)c3)noc2n1. The van der Waals surface area contributed by atoms with Crippen molar-refractivity contribution in [1.29, 1.82) is 0 Å². The molecule has 2 aromatic carbocycles. The number of carbonyl (C=O) groups is 1. The number of aryl methyl sites for hydroxylation is 1. The third-order valence-corrected chi connectivity index (χ3v) is 6.04. The summed E-state index contributed by atoms with van der Waals surface area (Å²) in [5.74, 6) is -0.0578. The van der Waals surface area contributed by atoms with E-state index in [1.165, 1.54) is 23.3 Å². The lowest BCUT2D eigenvalue weighted by atomic mass is 10.00. The van der Waals surface area contributed by atoms with Gasteiger partial charge in [0.2, 0.25) is 5.88 Å². The van der Waals surface area contributed by atoms with Gasteiger partial charge in [0.1, 0.15) is 22.7 Å². The van der Waals surface area contributed by atoms with E-state index in [1.54, 1.807) is 19.1 Å². The average Bonchev–Trinajstić information content (AvgIpc) is 3.29. The summed E-state index contributed by atoms with van der Waals surface area (Å²) in [6.45, 7) is 4.93. The molecule has 2 aromatic heterocycles. The lowest BCUT2D eigenvalue weighted by Gasteiger charge is -2.28. The van der Waals surface area contributed by atoms with Crippen molar-refractivity contribution in [1.82, 2.24) is 25.3 Å². The number of benzene rings is 2. The molecule has 4 aromatic rings. The summed E-state index contributed by atoms with van der Waals surface area (Å²) in [5.41, 5.74) is 3.89. The molecule has 8 nitrogen and oxygen atoms in total. The Morgan fingerprint density at radius 1 is 1.17 bits per heavy atom. The first kappa shape index (κ1) is 22.9. The second kappa shape index (κ2) is 10.2. The largest absolute Gasteiger partial charge is 0.467 e.